The van der Waals surface area contributed by atoms with Gasteiger partial charge in [-0.3, -0.25) is 4.79 Å². The fraction of sp³-hybridized carbons (Fsp3) is 0.480. The SMILES string of the molecule is CCO[C@H]1C[C@@H](c2ccccc2)OC2(CCN(C(=O)c3cc(F)c(F)cc3OC)CC2)C1. The van der Waals surface area contributed by atoms with Gasteiger partial charge in [-0.15, -0.1) is 0 Å². The molecule has 2 aromatic carbocycles. The molecular weight excluding hydrogens is 416 g/mol. The molecule has 7 heteroatoms. The van der Waals surface area contributed by atoms with Crippen LogP contribution in [0.25, 0.3) is 0 Å². The Labute approximate surface area is 187 Å². The highest BCUT2D eigenvalue weighted by molar-refractivity contribution is 5.97. The van der Waals surface area contributed by atoms with E-state index in [-0.39, 0.29) is 35.0 Å². The number of ether oxygens (including phenoxy) is 3. The summed E-state index contributed by atoms with van der Waals surface area (Å²) in [6.07, 6.45) is 2.91. The molecule has 2 fully saturated rings. The van der Waals surface area contributed by atoms with E-state index in [0.29, 0.717) is 32.5 Å². The Hall–Kier alpha value is -2.51. The molecule has 0 bridgehead atoms. The first-order valence-electron chi connectivity index (χ1n) is 11.1. The van der Waals surface area contributed by atoms with Crippen LogP contribution in [0.4, 0.5) is 8.78 Å². The fourth-order valence-corrected chi connectivity index (χ4v) is 4.84. The lowest BCUT2D eigenvalue weighted by molar-refractivity contribution is -0.190. The van der Waals surface area contributed by atoms with Gasteiger partial charge in [-0.25, -0.2) is 8.78 Å². The molecule has 0 aliphatic carbocycles. The molecule has 0 unspecified atom stereocenters. The number of carbonyl (C=O) groups is 1. The predicted octanol–water partition coefficient (Wildman–Crippen LogP) is 4.91. The molecule has 0 saturated carbocycles. The zero-order valence-electron chi connectivity index (χ0n) is 18.5. The molecule has 2 saturated heterocycles. The topological polar surface area (TPSA) is 48.0 Å². The van der Waals surface area contributed by atoms with E-state index in [9.17, 15) is 13.6 Å². The number of amides is 1. The summed E-state index contributed by atoms with van der Waals surface area (Å²) in [5.41, 5.74) is 0.774. The van der Waals surface area contributed by atoms with Crippen LogP contribution in [0.5, 0.6) is 5.75 Å². The summed E-state index contributed by atoms with van der Waals surface area (Å²) in [6, 6.07) is 12.0. The molecule has 172 valence electrons. The minimum Gasteiger partial charge on any atom is -0.496 e. The molecule has 2 aliphatic rings. The number of halogens is 2. The molecule has 0 aromatic heterocycles. The van der Waals surface area contributed by atoms with Crippen LogP contribution in [0.1, 0.15) is 54.6 Å². The third-order valence-electron chi connectivity index (χ3n) is 6.48. The Bertz CT molecular complexity index is 944. The third kappa shape index (κ3) is 4.64. The number of hydrogen-bond donors (Lipinski definition) is 0. The highest BCUT2D eigenvalue weighted by Crippen LogP contribution is 2.44. The summed E-state index contributed by atoms with van der Waals surface area (Å²) in [4.78, 5) is 14.7. The molecule has 4 rings (SSSR count). The standard InChI is InChI=1S/C25H29F2NO4/c1-3-31-18-13-22(17-7-5-4-6-8-17)32-25(16-18)9-11-28(12-10-25)24(29)19-14-20(26)21(27)15-23(19)30-2/h4-8,14-15,18,22H,3,9-13,16H2,1-2H3/t18-,22-/m0/s1. The minimum atomic E-state index is -1.07. The van der Waals surface area contributed by atoms with E-state index >= 15 is 0 Å². The molecule has 0 radical (unpaired) electrons. The number of likely N-dealkylation sites (tertiary alicyclic amines) is 1. The number of carbonyl (C=O) groups excluding carboxylic acids is 1. The van der Waals surface area contributed by atoms with Crippen molar-refractivity contribution >= 4 is 5.91 Å². The Morgan fingerprint density at radius 2 is 1.84 bits per heavy atom. The van der Waals surface area contributed by atoms with Crippen LogP contribution < -0.4 is 4.74 Å². The highest BCUT2D eigenvalue weighted by atomic mass is 19.2. The first kappa shape index (κ1) is 22.7. The number of hydrogen-bond acceptors (Lipinski definition) is 4. The Balaban J connectivity index is 1.50. The first-order valence-corrected chi connectivity index (χ1v) is 11.1. The number of nitrogens with zero attached hydrogens (tertiary/aromatic N) is 1. The quantitative estimate of drug-likeness (QED) is 0.657. The molecule has 0 N–H and O–H groups in total. The summed E-state index contributed by atoms with van der Waals surface area (Å²) in [6.45, 7) is 3.56. The van der Waals surface area contributed by atoms with E-state index in [1.165, 1.54) is 7.11 Å². The van der Waals surface area contributed by atoms with Gasteiger partial charge in [-0.05, 0) is 31.4 Å². The molecule has 2 aliphatic heterocycles. The predicted molar refractivity (Wildman–Crippen MR) is 116 cm³/mol. The molecule has 2 heterocycles. The van der Waals surface area contributed by atoms with Crippen molar-refractivity contribution in [3.8, 4) is 5.75 Å². The maximum atomic E-state index is 13.8. The average Bonchev–Trinajstić information content (AvgIpc) is 2.81. The second-order valence-electron chi connectivity index (χ2n) is 8.48. The second-order valence-corrected chi connectivity index (χ2v) is 8.48. The van der Waals surface area contributed by atoms with E-state index in [0.717, 1.165) is 30.5 Å². The summed E-state index contributed by atoms with van der Waals surface area (Å²) in [5.74, 6) is -2.44. The van der Waals surface area contributed by atoms with E-state index in [1.54, 1.807) is 4.90 Å². The van der Waals surface area contributed by atoms with Crippen LogP contribution in [0.15, 0.2) is 42.5 Å². The average molecular weight is 446 g/mol. The summed E-state index contributed by atoms with van der Waals surface area (Å²) in [5, 5.41) is 0. The van der Waals surface area contributed by atoms with Crippen molar-refractivity contribution in [3.63, 3.8) is 0 Å². The molecule has 2 atom stereocenters. The summed E-state index contributed by atoms with van der Waals surface area (Å²) >= 11 is 0. The van der Waals surface area contributed by atoms with Gasteiger partial charge in [0.15, 0.2) is 11.6 Å². The fourth-order valence-electron chi connectivity index (χ4n) is 4.84. The molecular formula is C25H29F2NO4. The van der Waals surface area contributed by atoms with Gasteiger partial charge in [0.05, 0.1) is 30.5 Å². The minimum absolute atomic E-state index is 0.0290. The molecule has 1 amide bonds. The van der Waals surface area contributed by atoms with Crippen molar-refractivity contribution in [3.05, 3.63) is 65.2 Å². The zero-order chi connectivity index (χ0) is 22.7. The molecule has 32 heavy (non-hydrogen) atoms. The van der Waals surface area contributed by atoms with Gasteiger partial charge in [-0.2, -0.15) is 0 Å². The lowest BCUT2D eigenvalue weighted by atomic mass is 9.80. The Kier molecular flexibility index (Phi) is 6.76. The number of piperidine rings is 1. The van der Waals surface area contributed by atoms with Crippen molar-refractivity contribution in [1.82, 2.24) is 4.90 Å². The lowest BCUT2D eigenvalue weighted by Gasteiger charge is -2.48. The van der Waals surface area contributed by atoms with Crippen LogP contribution in [0.2, 0.25) is 0 Å². The normalized spacial score (nSPS) is 22.7. The lowest BCUT2D eigenvalue weighted by Crippen LogP contribution is -2.52. The number of rotatable bonds is 5. The number of methoxy groups -OCH3 is 1. The Morgan fingerprint density at radius 1 is 1.16 bits per heavy atom. The maximum absolute atomic E-state index is 13.8. The van der Waals surface area contributed by atoms with E-state index in [1.807, 2.05) is 25.1 Å². The maximum Gasteiger partial charge on any atom is 0.257 e. The van der Waals surface area contributed by atoms with Crippen molar-refractivity contribution in [2.45, 2.75) is 50.4 Å². The molecule has 2 aromatic rings. The largest absolute Gasteiger partial charge is 0.496 e. The summed E-state index contributed by atoms with van der Waals surface area (Å²) in [7, 11) is 1.34. The first-order chi connectivity index (χ1) is 15.4. The van der Waals surface area contributed by atoms with Gasteiger partial charge in [0, 0.05) is 38.6 Å². The van der Waals surface area contributed by atoms with Gasteiger partial charge < -0.3 is 19.1 Å². The zero-order valence-corrected chi connectivity index (χ0v) is 18.5. The molecule has 5 nitrogen and oxygen atoms in total. The van der Waals surface area contributed by atoms with Gasteiger partial charge >= 0.3 is 0 Å². The van der Waals surface area contributed by atoms with Gasteiger partial charge in [0.2, 0.25) is 0 Å². The van der Waals surface area contributed by atoms with Gasteiger partial charge in [0.1, 0.15) is 5.75 Å². The Morgan fingerprint density at radius 3 is 2.50 bits per heavy atom. The van der Waals surface area contributed by atoms with Crippen LogP contribution in [-0.4, -0.2) is 49.3 Å². The van der Waals surface area contributed by atoms with Crippen LogP contribution in [0.3, 0.4) is 0 Å². The van der Waals surface area contributed by atoms with Crippen molar-refractivity contribution in [2.75, 3.05) is 26.8 Å². The monoisotopic (exact) mass is 445 g/mol. The summed E-state index contributed by atoms with van der Waals surface area (Å²) < 4.78 is 45.1. The van der Waals surface area contributed by atoms with Gasteiger partial charge in [-0.1, -0.05) is 30.3 Å². The smallest absolute Gasteiger partial charge is 0.257 e. The van der Waals surface area contributed by atoms with Crippen LogP contribution >= 0.6 is 0 Å². The van der Waals surface area contributed by atoms with Crippen molar-refractivity contribution < 1.29 is 27.8 Å². The van der Waals surface area contributed by atoms with Crippen LogP contribution in [0, 0.1) is 11.6 Å². The molecule has 1 spiro atoms. The third-order valence-corrected chi connectivity index (χ3v) is 6.48. The van der Waals surface area contributed by atoms with Gasteiger partial charge in [0.25, 0.3) is 5.91 Å². The highest BCUT2D eigenvalue weighted by Gasteiger charge is 2.45. The van der Waals surface area contributed by atoms with E-state index in [4.69, 9.17) is 14.2 Å². The second kappa shape index (κ2) is 9.55. The van der Waals surface area contributed by atoms with E-state index < -0.39 is 11.6 Å². The van der Waals surface area contributed by atoms with Crippen molar-refractivity contribution in [2.24, 2.45) is 0 Å². The van der Waals surface area contributed by atoms with Crippen molar-refractivity contribution in [1.29, 1.82) is 0 Å². The van der Waals surface area contributed by atoms with E-state index in [2.05, 4.69) is 12.1 Å². The van der Waals surface area contributed by atoms with Crippen LogP contribution in [-0.2, 0) is 9.47 Å². The number of benzene rings is 2.